The van der Waals surface area contributed by atoms with Gasteiger partial charge in [0.1, 0.15) is 5.82 Å². The van der Waals surface area contributed by atoms with E-state index in [1.165, 1.54) is 14.3 Å². The fourth-order valence-electron chi connectivity index (χ4n) is 4.59. The molecule has 1 saturated heterocycles. The Balaban J connectivity index is 1.66. The van der Waals surface area contributed by atoms with Crippen LogP contribution >= 0.6 is 11.3 Å². The van der Waals surface area contributed by atoms with Crippen molar-refractivity contribution in [2.24, 2.45) is 5.92 Å². The predicted molar refractivity (Wildman–Crippen MR) is 141 cm³/mol. The molecule has 0 bridgehead atoms. The van der Waals surface area contributed by atoms with E-state index in [1.807, 2.05) is 36.4 Å². The number of benzene rings is 1. The molecule has 9 heteroatoms. The fourth-order valence-corrected chi connectivity index (χ4v) is 5.48. The van der Waals surface area contributed by atoms with E-state index in [0.29, 0.717) is 18.9 Å². The van der Waals surface area contributed by atoms with Crippen LogP contribution in [0.2, 0.25) is 0 Å². The van der Waals surface area contributed by atoms with E-state index in [4.69, 9.17) is 5.73 Å². The lowest BCUT2D eigenvalue weighted by atomic mass is 10.1. The van der Waals surface area contributed by atoms with Gasteiger partial charge in [-0.15, -0.1) is 11.3 Å². The highest BCUT2D eigenvalue weighted by atomic mass is 32.1. The molecule has 0 unspecified atom stereocenters. The maximum absolute atomic E-state index is 13.7. The molecule has 3 aromatic rings. The number of nitrogens with two attached hydrogens (primary N) is 1. The van der Waals surface area contributed by atoms with Gasteiger partial charge in [-0.25, -0.2) is 4.79 Å². The van der Waals surface area contributed by atoms with Crippen LogP contribution in [0.4, 0.5) is 11.5 Å². The Morgan fingerprint density at radius 2 is 1.97 bits per heavy atom. The SMILES string of the molecule is CC(C)CCN(C(=O)CN1CCC[C@@H]1c1cccs1)c1c(N)n(Cc2ccccc2)c(=O)[nH]c1=O. The van der Waals surface area contributed by atoms with E-state index < -0.39 is 11.2 Å². The smallest absolute Gasteiger partial charge is 0.330 e. The van der Waals surface area contributed by atoms with E-state index in [9.17, 15) is 14.4 Å². The van der Waals surface area contributed by atoms with Gasteiger partial charge < -0.3 is 10.6 Å². The molecule has 1 aliphatic heterocycles. The molecule has 0 radical (unpaired) electrons. The third kappa shape index (κ3) is 5.74. The molecule has 0 spiro atoms. The third-order valence-electron chi connectivity index (χ3n) is 6.47. The van der Waals surface area contributed by atoms with E-state index in [-0.39, 0.29) is 36.5 Å². The van der Waals surface area contributed by atoms with Gasteiger partial charge in [0.15, 0.2) is 5.69 Å². The minimum absolute atomic E-state index is 0.0101. The lowest BCUT2D eigenvalue weighted by molar-refractivity contribution is -0.120. The molecule has 0 aliphatic carbocycles. The molecular weight excluding hydrogens is 462 g/mol. The number of nitrogens with one attached hydrogen (secondary N) is 1. The molecular formula is C26H33N5O3S. The summed E-state index contributed by atoms with van der Waals surface area (Å²) in [5.74, 6) is 0.152. The summed E-state index contributed by atoms with van der Waals surface area (Å²) >= 11 is 1.70. The van der Waals surface area contributed by atoms with E-state index >= 15 is 0 Å². The van der Waals surface area contributed by atoms with Crippen LogP contribution in [0.5, 0.6) is 0 Å². The van der Waals surface area contributed by atoms with Gasteiger partial charge in [-0.1, -0.05) is 50.2 Å². The number of carbonyl (C=O) groups excluding carboxylic acids is 1. The van der Waals surface area contributed by atoms with E-state index in [1.54, 1.807) is 11.3 Å². The molecule has 4 rings (SSSR count). The zero-order valence-corrected chi connectivity index (χ0v) is 21.1. The second-order valence-corrected chi connectivity index (χ2v) is 10.4. The summed E-state index contributed by atoms with van der Waals surface area (Å²) in [6.45, 7) is 5.71. The number of anilines is 2. The number of rotatable bonds is 9. The van der Waals surface area contributed by atoms with Gasteiger partial charge in [-0.3, -0.25) is 24.0 Å². The topological polar surface area (TPSA) is 104 Å². The van der Waals surface area contributed by atoms with E-state index in [2.05, 4.69) is 35.2 Å². The maximum Gasteiger partial charge on any atom is 0.330 e. The number of thiophene rings is 1. The highest BCUT2D eigenvalue weighted by Crippen LogP contribution is 2.34. The number of hydrogen-bond acceptors (Lipinski definition) is 6. The van der Waals surface area contributed by atoms with Gasteiger partial charge >= 0.3 is 5.69 Å². The van der Waals surface area contributed by atoms with Gasteiger partial charge in [0.25, 0.3) is 5.56 Å². The lowest BCUT2D eigenvalue weighted by Crippen LogP contribution is -2.45. The van der Waals surface area contributed by atoms with Crippen LogP contribution in [-0.2, 0) is 11.3 Å². The van der Waals surface area contributed by atoms with Crippen molar-refractivity contribution in [1.29, 1.82) is 0 Å². The lowest BCUT2D eigenvalue weighted by Gasteiger charge is -2.29. The fraction of sp³-hybridized carbons (Fsp3) is 0.423. The Hall–Kier alpha value is -3.17. The van der Waals surface area contributed by atoms with Gasteiger partial charge in [0.05, 0.1) is 13.1 Å². The Labute approximate surface area is 209 Å². The average Bonchev–Trinajstić information content (AvgIpc) is 3.51. The summed E-state index contributed by atoms with van der Waals surface area (Å²) in [5.41, 5.74) is 6.13. The van der Waals surface area contributed by atoms with Crippen LogP contribution in [0.3, 0.4) is 0 Å². The monoisotopic (exact) mass is 495 g/mol. The number of H-pyrrole nitrogens is 1. The standard InChI is InChI=1S/C26H33N5O3S/c1-18(2)12-14-30(22(32)17-29-13-6-10-20(29)21-11-7-15-35-21)23-24(27)31(26(34)28-25(23)33)16-19-8-4-3-5-9-19/h3-5,7-9,11,15,18,20H,6,10,12-14,16-17,27H2,1-2H3,(H,28,33,34)/t20-/m1/s1. The number of nitrogens with zero attached hydrogens (tertiary/aromatic N) is 3. The highest BCUT2D eigenvalue weighted by Gasteiger charge is 2.31. The zero-order chi connectivity index (χ0) is 24.9. The van der Waals surface area contributed by atoms with E-state index in [0.717, 1.165) is 24.9 Å². The van der Waals surface area contributed by atoms with Crippen LogP contribution in [0.1, 0.15) is 49.6 Å². The Kier molecular flexibility index (Phi) is 7.87. The van der Waals surface area contributed by atoms with Crippen LogP contribution in [0, 0.1) is 5.92 Å². The normalized spacial score (nSPS) is 16.1. The molecule has 1 atom stereocenters. The van der Waals surface area contributed by atoms with Crippen LogP contribution in [-0.4, -0.2) is 40.0 Å². The summed E-state index contributed by atoms with van der Waals surface area (Å²) < 4.78 is 1.33. The molecule has 1 amide bonds. The largest absolute Gasteiger partial charge is 0.383 e. The summed E-state index contributed by atoms with van der Waals surface area (Å²) in [7, 11) is 0. The van der Waals surface area contributed by atoms with Crippen molar-refractivity contribution in [3.8, 4) is 0 Å². The van der Waals surface area contributed by atoms with Crippen molar-refractivity contribution in [2.75, 3.05) is 30.3 Å². The number of likely N-dealkylation sites (tertiary alicyclic amines) is 1. The molecule has 8 nitrogen and oxygen atoms in total. The highest BCUT2D eigenvalue weighted by molar-refractivity contribution is 7.10. The molecule has 1 fully saturated rings. The van der Waals surface area contributed by atoms with Crippen molar-refractivity contribution in [3.63, 3.8) is 0 Å². The Morgan fingerprint density at radius 3 is 2.66 bits per heavy atom. The summed E-state index contributed by atoms with van der Waals surface area (Å²) in [5, 5.41) is 2.05. The number of aromatic nitrogens is 2. The molecule has 2 aromatic heterocycles. The number of aromatic amines is 1. The molecule has 1 aromatic carbocycles. The quantitative estimate of drug-likeness (QED) is 0.473. The van der Waals surface area contributed by atoms with Gasteiger partial charge in [0, 0.05) is 17.5 Å². The van der Waals surface area contributed by atoms with Gasteiger partial charge in [-0.2, -0.15) is 0 Å². The minimum atomic E-state index is -0.634. The minimum Gasteiger partial charge on any atom is -0.383 e. The predicted octanol–water partition coefficient (Wildman–Crippen LogP) is 3.44. The summed E-state index contributed by atoms with van der Waals surface area (Å²) in [6.07, 6.45) is 2.73. The van der Waals surface area contributed by atoms with Crippen LogP contribution in [0.25, 0.3) is 0 Å². The number of nitrogen functional groups attached to an aromatic ring is 1. The Morgan fingerprint density at radius 1 is 1.20 bits per heavy atom. The second-order valence-electron chi connectivity index (χ2n) is 9.44. The van der Waals surface area contributed by atoms with Crippen LogP contribution < -0.4 is 21.9 Å². The van der Waals surface area contributed by atoms with Crippen molar-refractivity contribution in [2.45, 2.75) is 45.7 Å². The zero-order valence-electron chi connectivity index (χ0n) is 20.3. The first-order chi connectivity index (χ1) is 16.8. The first-order valence-electron chi connectivity index (χ1n) is 12.1. The van der Waals surface area contributed by atoms with Crippen molar-refractivity contribution < 1.29 is 4.79 Å². The number of hydrogen-bond donors (Lipinski definition) is 2. The van der Waals surface area contributed by atoms with Crippen molar-refractivity contribution >= 4 is 28.7 Å². The van der Waals surface area contributed by atoms with Gasteiger partial charge in [-0.05, 0) is 48.7 Å². The second kappa shape index (κ2) is 11.0. The Bertz CT molecular complexity index is 1250. The van der Waals surface area contributed by atoms with Crippen LogP contribution in [0.15, 0.2) is 57.4 Å². The maximum atomic E-state index is 13.7. The first kappa shape index (κ1) is 24.9. The molecule has 1 aliphatic rings. The number of carbonyl (C=O) groups is 1. The molecule has 3 N–H and O–H groups in total. The summed E-state index contributed by atoms with van der Waals surface area (Å²) in [6, 6.07) is 13.8. The van der Waals surface area contributed by atoms with Crippen molar-refractivity contribution in [3.05, 3.63) is 79.1 Å². The molecule has 3 heterocycles. The average molecular weight is 496 g/mol. The molecule has 0 saturated carbocycles. The third-order valence-corrected chi connectivity index (χ3v) is 7.45. The molecule has 186 valence electrons. The van der Waals surface area contributed by atoms with Gasteiger partial charge in [0.2, 0.25) is 5.91 Å². The molecule has 35 heavy (non-hydrogen) atoms. The summed E-state index contributed by atoms with van der Waals surface area (Å²) in [4.78, 5) is 46.6. The number of amides is 1. The first-order valence-corrected chi connectivity index (χ1v) is 13.0. The van der Waals surface area contributed by atoms with Crippen molar-refractivity contribution in [1.82, 2.24) is 14.5 Å².